The van der Waals surface area contributed by atoms with Crippen molar-refractivity contribution in [3.63, 3.8) is 0 Å². The summed E-state index contributed by atoms with van der Waals surface area (Å²) in [6.07, 6.45) is 1.69. The van der Waals surface area contributed by atoms with E-state index in [0.717, 1.165) is 27.4 Å². The molecule has 6 nitrogen and oxygen atoms in total. The van der Waals surface area contributed by atoms with Crippen molar-refractivity contribution in [2.75, 3.05) is 26.4 Å². The largest absolute Gasteiger partial charge is 0.492 e. The molecule has 1 saturated heterocycles. The maximum atomic E-state index is 12.8. The van der Waals surface area contributed by atoms with Crippen LogP contribution in [0.3, 0.4) is 0 Å². The van der Waals surface area contributed by atoms with E-state index in [2.05, 4.69) is 15.9 Å². The van der Waals surface area contributed by atoms with Crippen LogP contribution in [0.2, 0.25) is 0 Å². The Morgan fingerprint density at radius 1 is 1.03 bits per heavy atom. The Morgan fingerprint density at radius 3 is 2.42 bits per heavy atom. The van der Waals surface area contributed by atoms with Crippen molar-refractivity contribution < 1.29 is 23.8 Å². The highest BCUT2D eigenvalue weighted by Crippen LogP contribution is 2.39. The number of rotatable bonds is 9. The molecule has 0 saturated carbocycles. The van der Waals surface area contributed by atoms with Gasteiger partial charge in [-0.05, 0) is 84.4 Å². The number of aryl methyl sites for hydroxylation is 1. The predicted molar refractivity (Wildman–Crippen MR) is 126 cm³/mol. The number of carbonyl (C=O) groups is 2. The van der Waals surface area contributed by atoms with Gasteiger partial charge in [-0.2, -0.15) is 0 Å². The molecule has 1 aliphatic heterocycles. The maximum Gasteiger partial charge on any atom is 0.293 e. The van der Waals surface area contributed by atoms with E-state index in [0.29, 0.717) is 35.4 Å². The molecule has 2 amide bonds. The highest BCUT2D eigenvalue weighted by molar-refractivity contribution is 9.10. The highest BCUT2D eigenvalue weighted by Gasteiger charge is 2.34. The van der Waals surface area contributed by atoms with Crippen molar-refractivity contribution in [3.8, 4) is 17.2 Å². The molecule has 0 spiro atoms. The number of carbonyl (C=O) groups excluding carboxylic acids is 2. The molecule has 0 aliphatic carbocycles. The van der Waals surface area contributed by atoms with Gasteiger partial charge < -0.3 is 14.2 Å². The Balaban J connectivity index is 1.71. The van der Waals surface area contributed by atoms with Gasteiger partial charge in [-0.25, -0.2) is 0 Å². The SMILES string of the molecule is CCOc1cc(/C=C2\SC(=O)N(CCOc3ccc(C)cc3)C2=O)cc(Br)c1OCC. The molecule has 0 atom stereocenters. The highest BCUT2D eigenvalue weighted by atomic mass is 79.9. The molecule has 0 radical (unpaired) electrons. The minimum absolute atomic E-state index is 0.188. The molecule has 0 unspecified atom stereocenters. The van der Waals surface area contributed by atoms with Crippen LogP contribution in [-0.4, -0.2) is 42.4 Å². The monoisotopic (exact) mass is 505 g/mol. The number of thioether (sulfide) groups is 1. The first-order valence-electron chi connectivity index (χ1n) is 9.96. The first-order chi connectivity index (χ1) is 14.9. The predicted octanol–water partition coefficient (Wildman–Crippen LogP) is 5.67. The molecule has 0 bridgehead atoms. The van der Waals surface area contributed by atoms with E-state index in [-0.39, 0.29) is 24.3 Å². The van der Waals surface area contributed by atoms with Crippen LogP contribution in [0.25, 0.3) is 6.08 Å². The lowest BCUT2D eigenvalue weighted by Gasteiger charge is -2.14. The Morgan fingerprint density at radius 2 is 1.74 bits per heavy atom. The Bertz CT molecular complexity index is 990. The van der Waals surface area contributed by atoms with Crippen LogP contribution in [0.5, 0.6) is 17.2 Å². The summed E-state index contributed by atoms with van der Waals surface area (Å²) >= 11 is 4.42. The molecular formula is C23H24BrNO5S. The maximum absolute atomic E-state index is 12.8. The number of imide groups is 1. The topological polar surface area (TPSA) is 65.1 Å². The fraction of sp³-hybridized carbons (Fsp3) is 0.304. The summed E-state index contributed by atoms with van der Waals surface area (Å²) in [5.41, 5.74) is 1.87. The summed E-state index contributed by atoms with van der Waals surface area (Å²) in [5.74, 6) is 1.57. The molecule has 3 rings (SSSR count). The summed E-state index contributed by atoms with van der Waals surface area (Å²) in [6, 6.07) is 11.3. The second-order valence-corrected chi connectivity index (χ2v) is 8.54. The second kappa shape index (κ2) is 10.7. The van der Waals surface area contributed by atoms with E-state index in [1.807, 2.05) is 51.1 Å². The fourth-order valence-corrected chi connectivity index (χ4v) is 4.39. The fourth-order valence-electron chi connectivity index (χ4n) is 2.95. The molecule has 164 valence electrons. The molecule has 2 aromatic rings. The van der Waals surface area contributed by atoms with Gasteiger partial charge in [0, 0.05) is 0 Å². The van der Waals surface area contributed by atoms with Gasteiger partial charge in [0.05, 0.1) is 29.1 Å². The zero-order valence-electron chi connectivity index (χ0n) is 17.6. The Hall–Kier alpha value is -2.45. The Labute approximate surface area is 194 Å². The first-order valence-corrected chi connectivity index (χ1v) is 11.6. The third-order valence-electron chi connectivity index (χ3n) is 4.40. The van der Waals surface area contributed by atoms with Gasteiger partial charge in [0.1, 0.15) is 12.4 Å². The van der Waals surface area contributed by atoms with E-state index in [9.17, 15) is 9.59 Å². The minimum Gasteiger partial charge on any atom is -0.492 e. The van der Waals surface area contributed by atoms with Crippen LogP contribution >= 0.6 is 27.7 Å². The molecule has 1 aliphatic rings. The summed E-state index contributed by atoms with van der Waals surface area (Å²) in [6.45, 7) is 7.19. The van der Waals surface area contributed by atoms with Crippen LogP contribution in [0.15, 0.2) is 45.8 Å². The zero-order valence-corrected chi connectivity index (χ0v) is 20.0. The smallest absolute Gasteiger partial charge is 0.293 e. The summed E-state index contributed by atoms with van der Waals surface area (Å²) < 4.78 is 17.7. The lowest BCUT2D eigenvalue weighted by atomic mass is 10.2. The molecule has 8 heteroatoms. The average Bonchev–Trinajstić information content (AvgIpc) is 2.99. The van der Waals surface area contributed by atoms with E-state index in [4.69, 9.17) is 14.2 Å². The molecular weight excluding hydrogens is 482 g/mol. The molecule has 31 heavy (non-hydrogen) atoms. The van der Waals surface area contributed by atoms with Crippen molar-refractivity contribution in [2.45, 2.75) is 20.8 Å². The van der Waals surface area contributed by atoms with Crippen molar-refractivity contribution in [1.29, 1.82) is 0 Å². The van der Waals surface area contributed by atoms with Crippen molar-refractivity contribution in [2.24, 2.45) is 0 Å². The zero-order chi connectivity index (χ0) is 22.4. The van der Waals surface area contributed by atoms with Crippen LogP contribution in [0.1, 0.15) is 25.0 Å². The number of amides is 2. The van der Waals surface area contributed by atoms with E-state index >= 15 is 0 Å². The van der Waals surface area contributed by atoms with Gasteiger partial charge in [0.2, 0.25) is 0 Å². The Kier molecular flexibility index (Phi) is 8.03. The molecule has 0 aromatic heterocycles. The van der Waals surface area contributed by atoms with E-state index in [1.54, 1.807) is 12.1 Å². The minimum atomic E-state index is -0.328. The van der Waals surface area contributed by atoms with Crippen molar-refractivity contribution >= 4 is 44.9 Å². The molecule has 1 fully saturated rings. The van der Waals surface area contributed by atoms with Crippen LogP contribution < -0.4 is 14.2 Å². The number of nitrogens with zero attached hydrogens (tertiary/aromatic N) is 1. The third kappa shape index (κ3) is 5.83. The number of hydrogen-bond donors (Lipinski definition) is 0. The summed E-state index contributed by atoms with van der Waals surface area (Å²) in [4.78, 5) is 26.7. The molecule has 2 aromatic carbocycles. The molecule has 0 N–H and O–H groups in total. The first kappa shape index (κ1) is 23.2. The normalized spacial score (nSPS) is 15.0. The lowest BCUT2D eigenvalue weighted by molar-refractivity contribution is -0.123. The number of hydrogen-bond acceptors (Lipinski definition) is 6. The van der Waals surface area contributed by atoms with Crippen molar-refractivity contribution in [3.05, 3.63) is 56.9 Å². The second-order valence-electron chi connectivity index (χ2n) is 6.69. The van der Waals surface area contributed by atoms with Gasteiger partial charge in [-0.15, -0.1) is 0 Å². The quantitative estimate of drug-likeness (QED) is 0.409. The summed E-state index contributed by atoms with van der Waals surface area (Å²) in [5, 5.41) is -0.307. The van der Waals surface area contributed by atoms with Gasteiger partial charge >= 0.3 is 0 Å². The molecule has 1 heterocycles. The average molecular weight is 506 g/mol. The number of benzene rings is 2. The van der Waals surface area contributed by atoms with Crippen molar-refractivity contribution in [1.82, 2.24) is 4.90 Å². The van der Waals surface area contributed by atoms with Crippen LogP contribution in [-0.2, 0) is 4.79 Å². The van der Waals surface area contributed by atoms with Gasteiger partial charge in [-0.1, -0.05) is 17.7 Å². The van der Waals surface area contributed by atoms with E-state index in [1.165, 1.54) is 4.90 Å². The standard InChI is InChI=1S/C23H24BrNO5S/c1-4-28-19-13-16(12-18(24)21(19)29-5-2)14-20-22(26)25(23(27)31-20)10-11-30-17-8-6-15(3)7-9-17/h6-9,12-14H,4-5,10-11H2,1-3H3/b20-14-. The van der Waals surface area contributed by atoms with Crippen LogP contribution in [0, 0.1) is 6.92 Å². The lowest BCUT2D eigenvalue weighted by Crippen LogP contribution is -2.32. The third-order valence-corrected chi connectivity index (χ3v) is 5.89. The number of halogens is 1. The van der Waals surface area contributed by atoms with Gasteiger partial charge in [0.25, 0.3) is 11.1 Å². The number of ether oxygens (including phenoxy) is 3. The van der Waals surface area contributed by atoms with Gasteiger partial charge in [-0.3, -0.25) is 14.5 Å². The summed E-state index contributed by atoms with van der Waals surface area (Å²) in [7, 11) is 0. The van der Waals surface area contributed by atoms with Crippen LogP contribution in [0.4, 0.5) is 4.79 Å². The van der Waals surface area contributed by atoms with Gasteiger partial charge in [0.15, 0.2) is 11.5 Å². The van der Waals surface area contributed by atoms with E-state index < -0.39 is 0 Å².